The Morgan fingerprint density at radius 1 is 1.12 bits per heavy atom. The van der Waals surface area contributed by atoms with E-state index in [0.29, 0.717) is 29.3 Å². The summed E-state index contributed by atoms with van der Waals surface area (Å²) in [4.78, 5) is 19.0. The van der Waals surface area contributed by atoms with Crippen LogP contribution in [-0.2, 0) is 0 Å². The van der Waals surface area contributed by atoms with E-state index in [1.54, 1.807) is 6.20 Å². The highest BCUT2D eigenvalue weighted by Crippen LogP contribution is 2.22. The fraction of sp³-hybridized carbons (Fsp3) is 0.263. The molecule has 0 spiro atoms. The lowest BCUT2D eigenvalue weighted by Crippen LogP contribution is -2.41. The van der Waals surface area contributed by atoms with Gasteiger partial charge in [-0.1, -0.05) is 11.6 Å². The van der Waals surface area contributed by atoms with Crippen molar-refractivity contribution >= 4 is 23.2 Å². The molecule has 0 N–H and O–H groups in total. The van der Waals surface area contributed by atoms with Gasteiger partial charge in [0.1, 0.15) is 17.5 Å². The summed E-state index contributed by atoms with van der Waals surface area (Å²) in [5.74, 6) is 0.845. The molecule has 1 aliphatic heterocycles. The highest BCUT2D eigenvalue weighted by molar-refractivity contribution is 6.30. The number of nitrogens with zero attached hydrogens (tertiary/aromatic N) is 3. The number of carbonyl (C=O) groups is 1. The molecule has 0 radical (unpaired) electrons. The van der Waals surface area contributed by atoms with E-state index in [1.165, 1.54) is 0 Å². The van der Waals surface area contributed by atoms with E-state index in [2.05, 4.69) is 4.98 Å². The maximum Gasteiger partial charge on any atom is 0.257 e. The maximum atomic E-state index is 12.8. The highest BCUT2D eigenvalue weighted by Gasteiger charge is 2.26. The fourth-order valence-corrected chi connectivity index (χ4v) is 3.29. The molecule has 0 unspecified atom stereocenters. The molecule has 4 rings (SSSR count). The van der Waals surface area contributed by atoms with Gasteiger partial charge in [0.25, 0.3) is 5.91 Å². The lowest BCUT2D eigenvalue weighted by Gasteiger charge is -2.32. The number of ether oxygens (including phenoxy) is 1. The van der Waals surface area contributed by atoms with Crippen molar-refractivity contribution in [2.75, 3.05) is 13.1 Å². The molecule has 6 heteroatoms. The van der Waals surface area contributed by atoms with Crippen molar-refractivity contribution in [2.45, 2.75) is 18.9 Å². The highest BCUT2D eigenvalue weighted by atomic mass is 35.5. The smallest absolute Gasteiger partial charge is 0.257 e. The molecular formula is C19H18ClN3O2. The van der Waals surface area contributed by atoms with Gasteiger partial charge in [-0.3, -0.25) is 4.79 Å². The first-order valence-corrected chi connectivity index (χ1v) is 8.72. The molecule has 1 aliphatic rings. The van der Waals surface area contributed by atoms with E-state index in [-0.39, 0.29) is 12.0 Å². The first-order valence-electron chi connectivity index (χ1n) is 8.34. The number of hydrogen-bond donors (Lipinski definition) is 0. The third-order valence-electron chi connectivity index (χ3n) is 4.50. The summed E-state index contributed by atoms with van der Waals surface area (Å²) >= 11 is 5.89. The summed E-state index contributed by atoms with van der Waals surface area (Å²) < 4.78 is 7.85. The molecule has 0 atom stereocenters. The fourth-order valence-electron chi connectivity index (χ4n) is 3.17. The summed E-state index contributed by atoms with van der Waals surface area (Å²) in [5.41, 5.74) is 1.34. The van der Waals surface area contributed by atoms with Crippen LogP contribution in [0.3, 0.4) is 0 Å². The lowest BCUT2D eigenvalue weighted by atomic mass is 10.1. The SMILES string of the molecule is O=C(c1cccn2ccnc12)N1CCC(Oc2ccc(Cl)cc2)CC1. The molecule has 0 bridgehead atoms. The third-order valence-corrected chi connectivity index (χ3v) is 4.75. The topological polar surface area (TPSA) is 46.8 Å². The zero-order chi connectivity index (χ0) is 17.2. The van der Waals surface area contributed by atoms with Crippen LogP contribution < -0.4 is 4.74 Å². The average Bonchev–Trinajstić information content (AvgIpc) is 3.12. The Balaban J connectivity index is 1.40. The quantitative estimate of drug-likeness (QED) is 0.720. The van der Waals surface area contributed by atoms with E-state index >= 15 is 0 Å². The van der Waals surface area contributed by atoms with E-state index < -0.39 is 0 Å². The van der Waals surface area contributed by atoms with Gasteiger partial charge in [-0.05, 0) is 36.4 Å². The van der Waals surface area contributed by atoms with E-state index in [1.807, 2.05) is 58.1 Å². The van der Waals surface area contributed by atoms with Crippen molar-refractivity contribution < 1.29 is 9.53 Å². The first-order chi connectivity index (χ1) is 12.2. The number of pyridine rings is 1. The van der Waals surface area contributed by atoms with Crippen molar-refractivity contribution in [3.8, 4) is 5.75 Å². The summed E-state index contributed by atoms with van der Waals surface area (Å²) in [6, 6.07) is 11.1. The molecule has 2 aromatic heterocycles. The number of amides is 1. The van der Waals surface area contributed by atoms with Gasteiger partial charge in [0.05, 0.1) is 5.56 Å². The second kappa shape index (κ2) is 6.76. The molecule has 1 saturated heterocycles. The number of piperidine rings is 1. The molecule has 1 aromatic carbocycles. The van der Waals surface area contributed by atoms with E-state index in [0.717, 1.165) is 18.6 Å². The van der Waals surface area contributed by atoms with Crippen molar-refractivity contribution in [3.05, 3.63) is 65.6 Å². The summed E-state index contributed by atoms with van der Waals surface area (Å²) in [6.07, 6.45) is 7.19. The molecule has 0 saturated carbocycles. The van der Waals surface area contributed by atoms with Crippen LogP contribution >= 0.6 is 11.6 Å². The number of aromatic nitrogens is 2. The monoisotopic (exact) mass is 355 g/mol. The summed E-state index contributed by atoms with van der Waals surface area (Å²) in [6.45, 7) is 1.36. The Morgan fingerprint density at radius 3 is 2.64 bits per heavy atom. The van der Waals surface area contributed by atoms with Gasteiger partial charge in [-0.25, -0.2) is 4.98 Å². The van der Waals surface area contributed by atoms with Gasteiger partial charge in [0.15, 0.2) is 0 Å². The molecule has 128 valence electrons. The van der Waals surface area contributed by atoms with Crippen molar-refractivity contribution in [1.82, 2.24) is 14.3 Å². The molecule has 0 aliphatic carbocycles. The van der Waals surface area contributed by atoms with Crippen LogP contribution in [0.5, 0.6) is 5.75 Å². The van der Waals surface area contributed by atoms with Crippen LogP contribution in [0, 0.1) is 0 Å². The van der Waals surface area contributed by atoms with Crippen LogP contribution in [-0.4, -0.2) is 39.4 Å². The third kappa shape index (κ3) is 3.33. The zero-order valence-electron chi connectivity index (χ0n) is 13.6. The Bertz CT molecular complexity index is 883. The normalized spacial score (nSPS) is 15.5. The van der Waals surface area contributed by atoms with Gasteiger partial charge in [-0.2, -0.15) is 0 Å². The second-order valence-electron chi connectivity index (χ2n) is 6.14. The van der Waals surface area contributed by atoms with Crippen molar-refractivity contribution in [1.29, 1.82) is 0 Å². The van der Waals surface area contributed by atoms with Crippen molar-refractivity contribution in [2.24, 2.45) is 0 Å². The average molecular weight is 356 g/mol. The number of hydrogen-bond acceptors (Lipinski definition) is 3. The number of carbonyl (C=O) groups excluding carboxylic acids is 1. The van der Waals surface area contributed by atoms with Crippen LogP contribution in [0.25, 0.3) is 5.65 Å². The van der Waals surface area contributed by atoms with Gasteiger partial charge >= 0.3 is 0 Å². The number of halogens is 1. The molecule has 5 nitrogen and oxygen atoms in total. The Morgan fingerprint density at radius 2 is 1.88 bits per heavy atom. The second-order valence-corrected chi connectivity index (χ2v) is 6.58. The van der Waals surface area contributed by atoms with Crippen molar-refractivity contribution in [3.63, 3.8) is 0 Å². The van der Waals surface area contributed by atoms with Crippen LogP contribution in [0.2, 0.25) is 5.02 Å². The number of fused-ring (bicyclic) bond motifs is 1. The predicted molar refractivity (Wildman–Crippen MR) is 96.2 cm³/mol. The predicted octanol–water partition coefficient (Wildman–Crippen LogP) is 3.67. The largest absolute Gasteiger partial charge is 0.490 e. The van der Waals surface area contributed by atoms with Gasteiger partial charge < -0.3 is 14.0 Å². The Kier molecular flexibility index (Phi) is 4.32. The van der Waals surface area contributed by atoms with E-state index in [9.17, 15) is 4.79 Å². The summed E-state index contributed by atoms with van der Waals surface area (Å²) in [5, 5.41) is 0.695. The molecule has 1 amide bonds. The minimum atomic E-state index is 0.0294. The number of likely N-dealkylation sites (tertiary alicyclic amines) is 1. The van der Waals surface area contributed by atoms with Crippen LogP contribution in [0.4, 0.5) is 0 Å². The Labute approximate surface area is 150 Å². The standard InChI is InChI=1S/C19H18ClN3O2/c20-14-3-5-15(6-4-14)25-16-7-11-23(12-8-16)19(24)17-2-1-10-22-13-9-21-18(17)22/h1-6,9-10,13,16H,7-8,11-12H2. The minimum absolute atomic E-state index is 0.0294. The summed E-state index contributed by atoms with van der Waals surface area (Å²) in [7, 11) is 0. The number of benzene rings is 1. The van der Waals surface area contributed by atoms with Crippen LogP contribution in [0.1, 0.15) is 23.2 Å². The minimum Gasteiger partial charge on any atom is -0.490 e. The number of rotatable bonds is 3. The molecule has 3 aromatic rings. The van der Waals surface area contributed by atoms with Crippen LogP contribution in [0.15, 0.2) is 55.0 Å². The Hall–Kier alpha value is -2.53. The molecular weight excluding hydrogens is 338 g/mol. The molecule has 1 fully saturated rings. The lowest BCUT2D eigenvalue weighted by molar-refractivity contribution is 0.0597. The van der Waals surface area contributed by atoms with E-state index in [4.69, 9.17) is 16.3 Å². The molecule has 25 heavy (non-hydrogen) atoms. The van der Waals surface area contributed by atoms with Gasteiger partial charge in [0, 0.05) is 49.5 Å². The number of imidazole rings is 1. The first kappa shape index (κ1) is 16.0. The molecule has 3 heterocycles. The van der Waals surface area contributed by atoms with Gasteiger partial charge in [0.2, 0.25) is 0 Å². The van der Waals surface area contributed by atoms with Gasteiger partial charge in [-0.15, -0.1) is 0 Å². The maximum absolute atomic E-state index is 12.8. The zero-order valence-corrected chi connectivity index (χ0v) is 14.4.